The average Bonchev–Trinajstić information content (AvgIpc) is 3.27. The second-order valence-corrected chi connectivity index (χ2v) is 6.50. The molecule has 1 atom stereocenters. The molecule has 4 heteroatoms. The highest BCUT2D eigenvalue weighted by atomic mass is 15.1. The molecule has 0 aliphatic carbocycles. The maximum Gasteiger partial charge on any atom is 0.0924 e. The van der Waals surface area contributed by atoms with Crippen molar-refractivity contribution in [2.45, 2.75) is 31.6 Å². The highest BCUT2D eigenvalue weighted by Crippen LogP contribution is 2.28. The Balaban J connectivity index is 1.56. The number of nitrogens with one attached hydrogen (secondary N) is 2. The number of aromatic nitrogens is 2. The Hall–Kier alpha value is -1.81. The lowest BCUT2D eigenvalue weighted by molar-refractivity contribution is 0.578. The minimum atomic E-state index is 0.589. The molecule has 2 aromatic rings. The van der Waals surface area contributed by atoms with Gasteiger partial charge in [0.15, 0.2) is 0 Å². The number of hydrogen-bond donors (Lipinski definition) is 2. The molecule has 2 saturated heterocycles. The lowest BCUT2D eigenvalue weighted by atomic mass is 10.0. The maximum absolute atomic E-state index is 4.55. The van der Waals surface area contributed by atoms with Gasteiger partial charge in [0.1, 0.15) is 0 Å². The molecule has 116 valence electrons. The van der Waals surface area contributed by atoms with Gasteiger partial charge in [-0.15, -0.1) is 0 Å². The number of nitrogens with zero attached hydrogens (tertiary/aromatic N) is 2. The fraction of sp³-hybridized carbons (Fsp3) is 0.500. The minimum Gasteiger partial charge on any atom is -0.372 e. The van der Waals surface area contributed by atoms with Crippen molar-refractivity contribution in [3.8, 4) is 11.3 Å². The molecular weight excluding hydrogens is 272 g/mol. The molecule has 3 heterocycles. The van der Waals surface area contributed by atoms with Gasteiger partial charge in [0.25, 0.3) is 0 Å². The van der Waals surface area contributed by atoms with Crippen LogP contribution in [0.2, 0.25) is 0 Å². The van der Waals surface area contributed by atoms with Crippen LogP contribution >= 0.6 is 0 Å². The number of piperidine rings is 1. The van der Waals surface area contributed by atoms with E-state index in [4.69, 9.17) is 0 Å². The van der Waals surface area contributed by atoms with Crippen LogP contribution in [0.15, 0.2) is 30.3 Å². The predicted octanol–water partition coefficient (Wildman–Crippen LogP) is 3.14. The quantitative estimate of drug-likeness (QED) is 0.914. The van der Waals surface area contributed by atoms with Gasteiger partial charge in [-0.2, -0.15) is 5.10 Å². The van der Waals surface area contributed by atoms with Crippen molar-refractivity contribution < 1.29 is 0 Å². The van der Waals surface area contributed by atoms with Crippen LogP contribution in [0.5, 0.6) is 0 Å². The third-order valence-corrected chi connectivity index (χ3v) is 4.96. The molecule has 0 spiro atoms. The fourth-order valence-electron chi connectivity index (χ4n) is 3.63. The Morgan fingerprint density at radius 1 is 1.09 bits per heavy atom. The summed E-state index contributed by atoms with van der Waals surface area (Å²) in [6, 6.07) is 11.1. The van der Waals surface area contributed by atoms with E-state index >= 15 is 0 Å². The van der Waals surface area contributed by atoms with Crippen LogP contribution in [0, 0.1) is 0 Å². The molecule has 0 amide bonds. The summed E-state index contributed by atoms with van der Waals surface area (Å²) in [5.41, 5.74) is 4.89. The summed E-state index contributed by atoms with van der Waals surface area (Å²) in [6.45, 7) is 4.55. The third kappa shape index (κ3) is 2.75. The highest BCUT2D eigenvalue weighted by molar-refractivity contribution is 5.66. The summed E-state index contributed by atoms with van der Waals surface area (Å²) in [5, 5.41) is 11.2. The molecule has 2 N–H and O–H groups in total. The molecule has 4 rings (SSSR count). The molecule has 1 aromatic heterocycles. The molecular formula is C18H24N4. The van der Waals surface area contributed by atoms with Crippen molar-refractivity contribution in [1.29, 1.82) is 0 Å². The van der Waals surface area contributed by atoms with Crippen LogP contribution in [0.3, 0.4) is 0 Å². The highest BCUT2D eigenvalue weighted by Gasteiger charge is 2.19. The number of hydrogen-bond acceptors (Lipinski definition) is 3. The van der Waals surface area contributed by atoms with E-state index in [-0.39, 0.29) is 0 Å². The minimum absolute atomic E-state index is 0.589. The summed E-state index contributed by atoms with van der Waals surface area (Å²) in [7, 11) is 0. The Labute approximate surface area is 131 Å². The Kier molecular flexibility index (Phi) is 3.85. The molecule has 2 aliphatic heterocycles. The number of H-pyrrole nitrogens is 1. The fourth-order valence-corrected chi connectivity index (χ4v) is 3.63. The molecule has 1 aromatic carbocycles. The summed E-state index contributed by atoms with van der Waals surface area (Å²) in [5.74, 6) is 0.589. The van der Waals surface area contributed by atoms with Crippen LogP contribution in [-0.2, 0) is 0 Å². The topological polar surface area (TPSA) is 44.0 Å². The first kappa shape index (κ1) is 13.8. The second-order valence-electron chi connectivity index (χ2n) is 6.50. The van der Waals surface area contributed by atoms with Crippen LogP contribution < -0.4 is 10.2 Å². The van der Waals surface area contributed by atoms with Gasteiger partial charge in [-0.3, -0.25) is 5.10 Å². The Morgan fingerprint density at radius 2 is 2.00 bits per heavy atom. The van der Waals surface area contributed by atoms with Crippen molar-refractivity contribution in [3.63, 3.8) is 0 Å². The maximum atomic E-state index is 4.55. The van der Waals surface area contributed by atoms with Crippen LogP contribution in [0.1, 0.15) is 37.3 Å². The van der Waals surface area contributed by atoms with Gasteiger partial charge in [-0.1, -0.05) is 12.1 Å². The Bertz CT molecular complexity index is 622. The molecule has 4 nitrogen and oxygen atoms in total. The summed E-state index contributed by atoms with van der Waals surface area (Å²) in [4.78, 5) is 2.50. The second kappa shape index (κ2) is 6.13. The van der Waals surface area contributed by atoms with Gasteiger partial charge < -0.3 is 10.2 Å². The van der Waals surface area contributed by atoms with E-state index in [1.807, 2.05) is 0 Å². The van der Waals surface area contributed by atoms with E-state index in [1.165, 1.54) is 55.7 Å². The first-order chi connectivity index (χ1) is 10.9. The smallest absolute Gasteiger partial charge is 0.0924 e. The standard InChI is InChI=1S/C18H24N4/c1-2-9-22(10-3-1)16-6-4-5-14(11-16)17-12-18(21-20-17)15-7-8-19-13-15/h4-6,11-12,15,19H,1-3,7-10,13H2,(H,20,21). The van der Waals surface area contributed by atoms with Gasteiger partial charge in [0, 0.05) is 42.5 Å². The van der Waals surface area contributed by atoms with Gasteiger partial charge in [-0.25, -0.2) is 0 Å². The summed E-state index contributed by atoms with van der Waals surface area (Å²) in [6.07, 6.45) is 5.20. The van der Waals surface area contributed by atoms with Gasteiger partial charge >= 0.3 is 0 Å². The number of rotatable bonds is 3. The monoisotopic (exact) mass is 296 g/mol. The molecule has 22 heavy (non-hydrogen) atoms. The molecule has 2 aliphatic rings. The van der Waals surface area contributed by atoms with Gasteiger partial charge in [0.2, 0.25) is 0 Å². The SMILES string of the molecule is c1cc(-c2cc(C3CCNC3)[nH]n2)cc(N2CCCCC2)c1. The van der Waals surface area contributed by atoms with E-state index in [0.717, 1.165) is 18.8 Å². The zero-order valence-corrected chi connectivity index (χ0v) is 13.0. The summed E-state index contributed by atoms with van der Waals surface area (Å²) >= 11 is 0. The largest absolute Gasteiger partial charge is 0.372 e. The van der Waals surface area contributed by atoms with Crippen molar-refractivity contribution in [3.05, 3.63) is 36.0 Å². The Morgan fingerprint density at radius 3 is 2.82 bits per heavy atom. The molecule has 0 radical (unpaired) electrons. The molecule has 2 fully saturated rings. The third-order valence-electron chi connectivity index (χ3n) is 4.96. The summed E-state index contributed by atoms with van der Waals surface area (Å²) < 4.78 is 0. The van der Waals surface area contributed by atoms with E-state index in [9.17, 15) is 0 Å². The van der Waals surface area contributed by atoms with Crippen molar-refractivity contribution in [2.24, 2.45) is 0 Å². The van der Waals surface area contributed by atoms with E-state index in [0.29, 0.717) is 5.92 Å². The van der Waals surface area contributed by atoms with Crippen molar-refractivity contribution in [1.82, 2.24) is 15.5 Å². The molecule has 0 bridgehead atoms. The van der Waals surface area contributed by atoms with E-state index in [1.54, 1.807) is 0 Å². The lowest BCUT2D eigenvalue weighted by Gasteiger charge is -2.29. The van der Waals surface area contributed by atoms with Crippen LogP contribution in [0.4, 0.5) is 5.69 Å². The zero-order valence-electron chi connectivity index (χ0n) is 13.0. The van der Waals surface area contributed by atoms with Crippen LogP contribution in [-0.4, -0.2) is 36.4 Å². The van der Waals surface area contributed by atoms with Crippen molar-refractivity contribution >= 4 is 5.69 Å². The normalized spacial score (nSPS) is 22.2. The average molecular weight is 296 g/mol. The lowest BCUT2D eigenvalue weighted by Crippen LogP contribution is -2.29. The van der Waals surface area contributed by atoms with E-state index < -0.39 is 0 Å². The first-order valence-electron chi connectivity index (χ1n) is 8.51. The van der Waals surface area contributed by atoms with Crippen molar-refractivity contribution in [2.75, 3.05) is 31.1 Å². The van der Waals surface area contributed by atoms with E-state index in [2.05, 4.69) is 50.7 Å². The zero-order chi connectivity index (χ0) is 14.8. The van der Waals surface area contributed by atoms with Gasteiger partial charge in [-0.05, 0) is 50.4 Å². The van der Waals surface area contributed by atoms with Crippen LogP contribution in [0.25, 0.3) is 11.3 Å². The first-order valence-corrected chi connectivity index (χ1v) is 8.51. The number of aromatic amines is 1. The number of anilines is 1. The number of benzene rings is 1. The van der Waals surface area contributed by atoms with Gasteiger partial charge in [0.05, 0.1) is 5.69 Å². The molecule has 0 saturated carbocycles. The predicted molar refractivity (Wildman–Crippen MR) is 90.3 cm³/mol. The molecule has 1 unspecified atom stereocenters.